The van der Waals surface area contributed by atoms with Crippen molar-refractivity contribution in [1.29, 1.82) is 0 Å². The molecule has 0 aliphatic rings. The van der Waals surface area contributed by atoms with Crippen LogP contribution in [0.1, 0.15) is 17.7 Å². The zero-order valence-corrected chi connectivity index (χ0v) is 9.39. The summed E-state index contributed by atoms with van der Waals surface area (Å²) in [6, 6.07) is 10.4. The summed E-state index contributed by atoms with van der Waals surface area (Å²) in [5, 5.41) is 8.26. The molecule has 1 aromatic heterocycles. The number of rotatable bonds is 3. The van der Waals surface area contributed by atoms with Crippen LogP contribution in [-0.2, 0) is 0 Å². The number of nitrogens with zero attached hydrogens (tertiary/aromatic N) is 2. The molecule has 14 heavy (non-hydrogen) atoms. The molecule has 0 spiro atoms. The van der Waals surface area contributed by atoms with Crippen molar-refractivity contribution in [1.82, 2.24) is 10.2 Å². The molecule has 1 unspecified atom stereocenters. The molecule has 2 rings (SSSR count). The Hall–Kier alpha value is -0.870. The van der Waals surface area contributed by atoms with Crippen LogP contribution < -0.4 is 0 Å². The van der Waals surface area contributed by atoms with E-state index in [0.29, 0.717) is 5.25 Å². The molecule has 2 nitrogen and oxygen atoms in total. The summed E-state index contributed by atoms with van der Waals surface area (Å²) in [7, 11) is 0. The van der Waals surface area contributed by atoms with Gasteiger partial charge in [-0.3, -0.25) is 0 Å². The minimum absolute atomic E-state index is 0.434. The van der Waals surface area contributed by atoms with E-state index in [4.69, 9.17) is 0 Å². The molecule has 0 radical (unpaired) electrons. The lowest BCUT2D eigenvalue weighted by molar-refractivity contribution is 0.999. The first-order chi connectivity index (χ1) is 6.86. The first-order valence-electron chi connectivity index (χ1n) is 4.34. The van der Waals surface area contributed by atoms with Gasteiger partial charge >= 0.3 is 0 Å². The van der Waals surface area contributed by atoms with Crippen LogP contribution in [0.2, 0.25) is 0 Å². The molecule has 4 heteroatoms. The summed E-state index contributed by atoms with van der Waals surface area (Å²) < 4.78 is 1.03. The molecule has 0 aliphatic carbocycles. The van der Waals surface area contributed by atoms with Crippen molar-refractivity contribution in [2.45, 2.75) is 16.5 Å². The number of benzene rings is 1. The minimum Gasteiger partial charge on any atom is -0.146 e. The Labute approximate surface area is 91.4 Å². The minimum atomic E-state index is 0.434. The standard InChI is InChI=1S/C10H10N2S2/c1-8(9-5-3-2-4-6-9)14-10-12-11-7-13-10/h2-8H,1H3. The predicted octanol–water partition coefficient (Wildman–Crippen LogP) is 3.39. The van der Waals surface area contributed by atoms with Crippen LogP contribution in [0.15, 0.2) is 40.2 Å². The normalized spacial score (nSPS) is 12.6. The Morgan fingerprint density at radius 1 is 1.29 bits per heavy atom. The van der Waals surface area contributed by atoms with Gasteiger partial charge in [-0.1, -0.05) is 53.4 Å². The summed E-state index contributed by atoms with van der Waals surface area (Å²) in [5.74, 6) is 0. The third-order valence-corrected chi connectivity index (χ3v) is 3.86. The van der Waals surface area contributed by atoms with Gasteiger partial charge in [0.05, 0.1) is 0 Å². The SMILES string of the molecule is CC(Sc1nncs1)c1ccccc1. The molecule has 0 saturated heterocycles. The maximum absolute atomic E-state index is 4.01. The fourth-order valence-electron chi connectivity index (χ4n) is 1.16. The van der Waals surface area contributed by atoms with Crippen LogP contribution >= 0.6 is 23.1 Å². The maximum Gasteiger partial charge on any atom is 0.174 e. The van der Waals surface area contributed by atoms with Gasteiger partial charge in [0.15, 0.2) is 4.34 Å². The van der Waals surface area contributed by atoms with E-state index in [2.05, 4.69) is 41.4 Å². The molecular weight excluding hydrogens is 212 g/mol. The third-order valence-electron chi connectivity index (χ3n) is 1.89. The lowest BCUT2D eigenvalue weighted by atomic mass is 10.2. The predicted molar refractivity (Wildman–Crippen MR) is 60.6 cm³/mol. The van der Waals surface area contributed by atoms with E-state index in [-0.39, 0.29) is 0 Å². The van der Waals surface area contributed by atoms with Gasteiger partial charge in [-0.25, -0.2) is 0 Å². The average Bonchev–Trinajstić information content (AvgIpc) is 2.72. The molecule has 1 atom stereocenters. The largest absolute Gasteiger partial charge is 0.174 e. The van der Waals surface area contributed by atoms with E-state index >= 15 is 0 Å². The van der Waals surface area contributed by atoms with Crippen LogP contribution in [-0.4, -0.2) is 10.2 Å². The Balaban J connectivity index is 2.07. The smallest absolute Gasteiger partial charge is 0.146 e. The van der Waals surface area contributed by atoms with Crippen LogP contribution in [0.5, 0.6) is 0 Å². The molecule has 1 aromatic carbocycles. The zero-order valence-electron chi connectivity index (χ0n) is 7.75. The van der Waals surface area contributed by atoms with Gasteiger partial charge in [0.2, 0.25) is 0 Å². The second-order valence-corrected chi connectivity index (χ2v) is 5.30. The summed E-state index contributed by atoms with van der Waals surface area (Å²) in [4.78, 5) is 0. The van der Waals surface area contributed by atoms with Crippen LogP contribution in [0.4, 0.5) is 0 Å². The summed E-state index contributed by atoms with van der Waals surface area (Å²) >= 11 is 3.33. The summed E-state index contributed by atoms with van der Waals surface area (Å²) in [6.45, 7) is 2.18. The first-order valence-corrected chi connectivity index (χ1v) is 6.10. The highest BCUT2D eigenvalue weighted by molar-refractivity contribution is 8.01. The second-order valence-electron chi connectivity index (χ2n) is 2.88. The Morgan fingerprint density at radius 3 is 2.71 bits per heavy atom. The van der Waals surface area contributed by atoms with E-state index in [1.807, 2.05) is 6.07 Å². The van der Waals surface area contributed by atoms with Crippen molar-refractivity contribution in [3.63, 3.8) is 0 Å². The molecule has 72 valence electrons. The fourth-order valence-corrected chi connectivity index (χ4v) is 2.91. The van der Waals surface area contributed by atoms with Gasteiger partial charge in [-0.2, -0.15) is 0 Å². The molecule has 1 heterocycles. The zero-order chi connectivity index (χ0) is 9.80. The maximum atomic E-state index is 4.01. The van der Waals surface area contributed by atoms with E-state index in [1.54, 1.807) is 28.6 Å². The first kappa shape index (κ1) is 9.68. The van der Waals surface area contributed by atoms with Gasteiger partial charge in [0, 0.05) is 5.25 Å². The monoisotopic (exact) mass is 222 g/mol. The fraction of sp³-hybridized carbons (Fsp3) is 0.200. The van der Waals surface area contributed by atoms with Gasteiger partial charge in [-0.05, 0) is 12.5 Å². The summed E-state index contributed by atoms with van der Waals surface area (Å²) in [6.07, 6.45) is 0. The second kappa shape index (κ2) is 4.57. The van der Waals surface area contributed by atoms with Gasteiger partial charge < -0.3 is 0 Å². The lowest BCUT2D eigenvalue weighted by Gasteiger charge is -2.08. The third kappa shape index (κ3) is 2.33. The molecular formula is C10H10N2S2. The van der Waals surface area contributed by atoms with Gasteiger partial charge in [-0.15, -0.1) is 10.2 Å². The van der Waals surface area contributed by atoms with E-state index in [1.165, 1.54) is 5.56 Å². The van der Waals surface area contributed by atoms with Gasteiger partial charge in [0.25, 0.3) is 0 Å². The van der Waals surface area contributed by atoms with Crippen molar-refractivity contribution in [2.24, 2.45) is 0 Å². The number of hydrogen-bond acceptors (Lipinski definition) is 4. The molecule has 0 aliphatic heterocycles. The van der Waals surface area contributed by atoms with Crippen molar-refractivity contribution in [3.8, 4) is 0 Å². The molecule has 0 N–H and O–H groups in total. The molecule has 0 saturated carbocycles. The Bertz CT molecular complexity index is 372. The van der Waals surface area contributed by atoms with Crippen LogP contribution in [0.25, 0.3) is 0 Å². The molecule has 0 amide bonds. The quantitative estimate of drug-likeness (QED) is 0.744. The van der Waals surface area contributed by atoms with Crippen molar-refractivity contribution in [2.75, 3.05) is 0 Å². The lowest BCUT2D eigenvalue weighted by Crippen LogP contribution is -1.86. The van der Waals surface area contributed by atoms with Crippen molar-refractivity contribution in [3.05, 3.63) is 41.4 Å². The van der Waals surface area contributed by atoms with Crippen molar-refractivity contribution < 1.29 is 0 Å². The molecule has 2 aromatic rings. The Morgan fingerprint density at radius 2 is 2.07 bits per heavy atom. The van der Waals surface area contributed by atoms with Gasteiger partial charge in [0.1, 0.15) is 5.51 Å². The van der Waals surface area contributed by atoms with E-state index in [0.717, 1.165) is 4.34 Å². The highest BCUT2D eigenvalue weighted by Crippen LogP contribution is 2.34. The molecule has 0 bridgehead atoms. The van der Waals surface area contributed by atoms with Crippen LogP contribution in [0, 0.1) is 0 Å². The van der Waals surface area contributed by atoms with Crippen LogP contribution in [0.3, 0.4) is 0 Å². The van der Waals surface area contributed by atoms with E-state index < -0.39 is 0 Å². The highest BCUT2D eigenvalue weighted by Gasteiger charge is 2.08. The number of thioether (sulfide) groups is 1. The number of aromatic nitrogens is 2. The van der Waals surface area contributed by atoms with E-state index in [9.17, 15) is 0 Å². The van der Waals surface area contributed by atoms with Crippen molar-refractivity contribution >= 4 is 23.1 Å². The topological polar surface area (TPSA) is 25.8 Å². The summed E-state index contributed by atoms with van der Waals surface area (Å²) in [5.41, 5.74) is 3.09. The highest BCUT2D eigenvalue weighted by atomic mass is 32.2. The number of hydrogen-bond donors (Lipinski definition) is 0. The molecule has 0 fully saturated rings. The average molecular weight is 222 g/mol. The Kier molecular flexibility index (Phi) is 3.16.